The van der Waals surface area contributed by atoms with Crippen molar-refractivity contribution in [2.45, 2.75) is 19.9 Å². The number of nitrogens with one attached hydrogen (secondary N) is 1. The van der Waals surface area contributed by atoms with Crippen LogP contribution >= 0.6 is 15.9 Å². The summed E-state index contributed by atoms with van der Waals surface area (Å²) in [7, 11) is 0. The lowest BCUT2D eigenvalue weighted by Gasteiger charge is -2.25. The van der Waals surface area contributed by atoms with Gasteiger partial charge in [0.1, 0.15) is 12.2 Å². The maximum atomic E-state index is 13.6. The zero-order valence-electron chi connectivity index (χ0n) is 10.8. The van der Waals surface area contributed by atoms with Crippen molar-refractivity contribution in [3.8, 4) is 0 Å². The Kier molecular flexibility index (Phi) is 5.43. The first-order valence-electron chi connectivity index (χ1n) is 5.66. The van der Waals surface area contributed by atoms with Crippen molar-refractivity contribution in [2.75, 3.05) is 11.9 Å². The second-order valence-electron chi connectivity index (χ2n) is 4.29. The van der Waals surface area contributed by atoms with Crippen molar-refractivity contribution in [3.63, 3.8) is 0 Å². The average molecular weight is 351 g/mol. The molecule has 5 nitrogen and oxygen atoms in total. The van der Waals surface area contributed by atoms with Gasteiger partial charge in [-0.3, -0.25) is 4.79 Å². The molecule has 0 heterocycles. The Morgan fingerprint density at radius 1 is 1.35 bits per heavy atom. The fourth-order valence-corrected chi connectivity index (χ4v) is 1.88. The summed E-state index contributed by atoms with van der Waals surface area (Å²) in [6.45, 7) is 2.62. The van der Waals surface area contributed by atoms with E-state index in [1.807, 2.05) is 5.32 Å². The minimum absolute atomic E-state index is 0.191. The quantitative estimate of drug-likeness (QED) is 0.876. The van der Waals surface area contributed by atoms with Gasteiger partial charge in [-0.05, 0) is 26.0 Å². The van der Waals surface area contributed by atoms with Gasteiger partial charge in [-0.2, -0.15) is 0 Å². The minimum atomic E-state index is -1.22. The highest BCUT2D eigenvalue weighted by molar-refractivity contribution is 9.10. The van der Waals surface area contributed by atoms with Crippen molar-refractivity contribution in [2.24, 2.45) is 0 Å². The number of carbonyl (C=O) groups excluding carboxylic acids is 1. The molecular weight excluding hydrogens is 338 g/mol. The van der Waals surface area contributed by atoms with Gasteiger partial charge in [0.25, 0.3) is 0 Å². The lowest BCUT2D eigenvalue weighted by Crippen LogP contribution is -2.43. The second-order valence-corrected chi connectivity index (χ2v) is 5.21. The number of nitrogens with zero attached hydrogens (tertiary/aromatic N) is 1. The van der Waals surface area contributed by atoms with E-state index in [1.165, 1.54) is 0 Å². The molecule has 0 fully saturated rings. The maximum Gasteiger partial charge on any atom is 0.323 e. The van der Waals surface area contributed by atoms with Gasteiger partial charge in [0.2, 0.25) is 0 Å². The lowest BCUT2D eigenvalue weighted by atomic mass is 10.3. The number of carboxylic acids is 1. The largest absolute Gasteiger partial charge is 0.480 e. The van der Waals surface area contributed by atoms with E-state index >= 15 is 0 Å². The lowest BCUT2D eigenvalue weighted by molar-refractivity contribution is -0.137. The van der Waals surface area contributed by atoms with E-state index in [-0.39, 0.29) is 4.47 Å². The average Bonchev–Trinajstić information content (AvgIpc) is 2.29. The van der Waals surface area contributed by atoms with Crippen LogP contribution in [0.4, 0.5) is 19.3 Å². The van der Waals surface area contributed by atoms with E-state index < -0.39 is 41.9 Å². The molecule has 0 radical (unpaired) electrons. The van der Waals surface area contributed by atoms with Crippen LogP contribution in [-0.2, 0) is 4.79 Å². The van der Waals surface area contributed by atoms with Crippen molar-refractivity contribution in [1.82, 2.24) is 4.90 Å². The summed E-state index contributed by atoms with van der Waals surface area (Å²) in [5, 5.41) is 10.8. The van der Waals surface area contributed by atoms with E-state index in [9.17, 15) is 18.4 Å². The number of urea groups is 1. The molecule has 0 unspecified atom stereocenters. The molecule has 20 heavy (non-hydrogen) atoms. The Morgan fingerprint density at radius 3 is 2.25 bits per heavy atom. The molecule has 110 valence electrons. The minimum Gasteiger partial charge on any atom is -0.480 e. The normalized spacial score (nSPS) is 10.5. The molecule has 8 heteroatoms. The Hall–Kier alpha value is -1.70. The first-order chi connectivity index (χ1) is 9.22. The third kappa shape index (κ3) is 4.16. The van der Waals surface area contributed by atoms with Crippen molar-refractivity contribution in [1.29, 1.82) is 0 Å². The second kappa shape index (κ2) is 6.65. The van der Waals surface area contributed by atoms with Crippen molar-refractivity contribution >= 4 is 33.6 Å². The SMILES string of the molecule is CC(C)N(CC(=O)O)C(=O)Nc1c(F)cc(Br)cc1F. The van der Waals surface area contributed by atoms with Crippen LogP contribution < -0.4 is 5.32 Å². The Bertz CT molecular complexity index is 514. The van der Waals surface area contributed by atoms with Crippen LogP contribution in [0.15, 0.2) is 16.6 Å². The summed E-state index contributed by atoms with van der Waals surface area (Å²) in [4.78, 5) is 23.5. The fourth-order valence-electron chi connectivity index (χ4n) is 1.47. The van der Waals surface area contributed by atoms with Gasteiger partial charge < -0.3 is 15.3 Å². The van der Waals surface area contributed by atoms with Gasteiger partial charge >= 0.3 is 12.0 Å². The van der Waals surface area contributed by atoms with Crippen LogP contribution in [0.2, 0.25) is 0 Å². The number of halogens is 3. The molecule has 0 aromatic heterocycles. The third-order valence-corrected chi connectivity index (χ3v) is 2.89. The molecule has 0 bridgehead atoms. The van der Waals surface area contributed by atoms with Gasteiger partial charge in [0, 0.05) is 10.5 Å². The summed E-state index contributed by atoms with van der Waals surface area (Å²) in [6.07, 6.45) is 0. The number of benzene rings is 1. The Labute approximate surface area is 122 Å². The van der Waals surface area contributed by atoms with Crippen LogP contribution in [0.5, 0.6) is 0 Å². The molecule has 0 aliphatic carbocycles. The highest BCUT2D eigenvalue weighted by atomic mass is 79.9. The van der Waals surface area contributed by atoms with Gasteiger partial charge in [-0.25, -0.2) is 13.6 Å². The van der Waals surface area contributed by atoms with Crippen LogP contribution in [0.3, 0.4) is 0 Å². The summed E-state index contributed by atoms with van der Waals surface area (Å²) in [5.74, 6) is -3.13. The molecule has 0 saturated heterocycles. The van der Waals surface area contributed by atoms with Crippen LogP contribution in [0.1, 0.15) is 13.8 Å². The highest BCUT2D eigenvalue weighted by Crippen LogP contribution is 2.24. The molecule has 0 aliphatic heterocycles. The number of hydrogen-bond acceptors (Lipinski definition) is 2. The number of carbonyl (C=O) groups is 2. The number of amides is 2. The van der Waals surface area contributed by atoms with Crippen molar-refractivity contribution < 1.29 is 23.5 Å². The number of anilines is 1. The van der Waals surface area contributed by atoms with Crippen LogP contribution in [0, 0.1) is 11.6 Å². The molecule has 0 spiro atoms. The van der Waals surface area contributed by atoms with E-state index in [2.05, 4.69) is 15.9 Å². The number of rotatable bonds is 4. The Balaban J connectivity index is 2.97. The maximum absolute atomic E-state index is 13.6. The van der Waals surface area contributed by atoms with Gasteiger partial charge in [0.05, 0.1) is 0 Å². The summed E-state index contributed by atoms with van der Waals surface area (Å²) in [6, 6.07) is 0.667. The van der Waals surface area contributed by atoms with Crippen molar-refractivity contribution in [3.05, 3.63) is 28.2 Å². The first-order valence-corrected chi connectivity index (χ1v) is 6.45. The zero-order valence-corrected chi connectivity index (χ0v) is 12.4. The summed E-state index contributed by atoms with van der Waals surface area (Å²) < 4.78 is 27.3. The molecule has 1 aromatic rings. The number of hydrogen-bond donors (Lipinski definition) is 2. The fraction of sp³-hybridized carbons (Fsp3) is 0.333. The predicted octanol–water partition coefficient (Wildman–Crippen LogP) is 3.05. The molecule has 0 atom stereocenters. The van der Waals surface area contributed by atoms with E-state index in [0.717, 1.165) is 17.0 Å². The molecule has 2 N–H and O–H groups in total. The smallest absolute Gasteiger partial charge is 0.323 e. The van der Waals surface area contributed by atoms with E-state index in [0.29, 0.717) is 0 Å². The van der Waals surface area contributed by atoms with E-state index in [4.69, 9.17) is 5.11 Å². The van der Waals surface area contributed by atoms with Crippen LogP contribution in [0.25, 0.3) is 0 Å². The molecule has 0 aliphatic rings. The monoisotopic (exact) mass is 350 g/mol. The predicted molar refractivity (Wildman–Crippen MR) is 72.6 cm³/mol. The molecule has 2 amide bonds. The molecule has 1 aromatic carbocycles. The standard InChI is InChI=1S/C12H13BrF2N2O3/c1-6(2)17(5-10(18)19)12(20)16-11-8(14)3-7(13)4-9(11)15/h3-4,6H,5H2,1-2H3,(H,16,20)(H,18,19). The zero-order chi connectivity index (χ0) is 15.4. The molecular formula is C12H13BrF2N2O3. The Morgan fingerprint density at radius 2 is 1.85 bits per heavy atom. The van der Waals surface area contributed by atoms with E-state index in [1.54, 1.807) is 13.8 Å². The first kappa shape index (κ1) is 16.4. The van der Waals surface area contributed by atoms with Gasteiger partial charge in [-0.15, -0.1) is 0 Å². The van der Waals surface area contributed by atoms with Crippen LogP contribution in [-0.4, -0.2) is 34.6 Å². The third-order valence-electron chi connectivity index (χ3n) is 2.43. The summed E-state index contributed by atoms with van der Waals surface area (Å²) >= 11 is 2.92. The van der Waals surface area contributed by atoms with Gasteiger partial charge in [0.15, 0.2) is 11.6 Å². The molecule has 0 saturated carbocycles. The topological polar surface area (TPSA) is 69.6 Å². The number of carboxylic acid groups (broad SMARTS) is 1. The molecule has 1 rings (SSSR count). The number of aliphatic carboxylic acids is 1. The summed E-state index contributed by atoms with van der Waals surface area (Å²) in [5.41, 5.74) is -0.616. The van der Waals surface area contributed by atoms with Gasteiger partial charge in [-0.1, -0.05) is 15.9 Å². The highest BCUT2D eigenvalue weighted by Gasteiger charge is 2.22.